The monoisotopic (exact) mass is 448 g/mol. The first-order chi connectivity index (χ1) is 15.6. The van der Waals surface area contributed by atoms with E-state index < -0.39 is 5.97 Å². The number of hydrogen-bond donors (Lipinski definition) is 2. The summed E-state index contributed by atoms with van der Waals surface area (Å²) in [4.78, 5) is 16.6. The predicted molar refractivity (Wildman–Crippen MR) is 127 cm³/mol. The Balaban J connectivity index is 1.98. The van der Waals surface area contributed by atoms with Crippen LogP contribution < -0.4 is 10.1 Å². The number of nitrogens with zero attached hydrogens (tertiary/aromatic N) is 3. The predicted octanol–water partition coefficient (Wildman–Crippen LogP) is 5.57. The molecule has 7 nitrogen and oxygen atoms in total. The summed E-state index contributed by atoms with van der Waals surface area (Å²) >= 11 is 1.56. The molecular weight excluding hydrogens is 424 g/mol. The molecule has 32 heavy (non-hydrogen) atoms. The number of anilines is 2. The highest BCUT2D eigenvalue weighted by Crippen LogP contribution is 2.39. The zero-order valence-electron chi connectivity index (χ0n) is 18.1. The normalized spacial score (nSPS) is 10.8. The van der Waals surface area contributed by atoms with Crippen LogP contribution in [-0.2, 0) is 12.8 Å². The van der Waals surface area contributed by atoms with Gasteiger partial charge >= 0.3 is 5.97 Å². The van der Waals surface area contributed by atoms with E-state index >= 15 is 0 Å². The van der Waals surface area contributed by atoms with Gasteiger partial charge in [0.25, 0.3) is 0 Å². The third kappa shape index (κ3) is 3.97. The van der Waals surface area contributed by atoms with Crippen molar-refractivity contribution in [2.45, 2.75) is 26.7 Å². The number of rotatable bonds is 8. The van der Waals surface area contributed by atoms with Gasteiger partial charge in [-0.25, -0.2) is 14.5 Å². The molecule has 2 heterocycles. The zero-order valence-corrected chi connectivity index (χ0v) is 18.9. The van der Waals surface area contributed by atoms with Crippen molar-refractivity contribution in [3.63, 3.8) is 0 Å². The average Bonchev–Trinajstić information content (AvgIpc) is 3.43. The number of ether oxygens (including phenoxy) is 1. The molecule has 0 spiro atoms. The molecular formula is C24H24N4O3S. The average molecular weight is 449 g/mol. The Morgan fingerprint density at radius 3 is 2.56 bits per heavy atom. The molecule has 2 aromatic heterocycles. The number of carbonyl (C=O) groups is 1. The number of aromatic carboxylic acids is 1. The quantitative estimate of drug-likeness (QED) is 0.366. The van der Waals surface area contributed by atoms with Gasteiger partial charge in [-0.3, -0.25) is 0 Å². The van der Waals surface area contributed by atoms with Gasteiger partial charge in [-0.15, -0.1) is 11.3 Å². The second kappa shape index (κ2) is 9.23. The van der Waals surface area contributed by atoms with Crippen molar-refractivity contribution in [3.05, 3.63) is 70.9 Å². The Hall–Kier alpha value is -3.65. The first-order valence-electron chi connectivity index (χ1n) is 10.4. The van der Waals surface area contributed by atoms with Crippen molar-refractivity contribution in [3.8, 4) is 22.0 Å². The summed E-state index contributed by atoms with van der Waals surface area (Å²) < 4.78 is 7.36. The third-order valence-electron chi connectivity index (χ3n) is 5.14. The van der Waals surface area contributed by atoms with Crippen molar-refractivity contribution in [2.24, 2.45) is 0 Å². The zero-order chi connectivity index (χ0) is 22.7. The van der Waals surface area contributed by atoms with Gasteiger partial charge in [0, 0.05) is 5.38 Å². The molecule has 0 aliphatic heterocycles. The van der Waals surface area contributed by atoms with E-state index in [9.17, 15) is 9.90 Å². The van der Waals surface area contributed by atoms with Gasteiger partial charge in [-0.2, -0.15) is 5.10 Å². The summed E-state index contributed by atoms with van der Waals surface area (Å²) in [6.07, 6.45) is 1.52. The van der Waals surface area contributed by atoms with Crippen LogP contribution >= 0.6 is 11.3 Å². The first-order valence-corrected chi connectivity index (χ1v) is 11.2. The highest BCUT2D eigenvalue weighted by molar-refractivity contribution is 7.13. The number of methoxy groups -OCH3 is 1. The lowest BCUT2D eigenvalue weighted by Gasteiger charge is -2.15. The van der Waals surface area contributed by atoms with Crippen LogP contribution in [0.5, 0.6) is 5.75 Å². The number of benzene rings is 2. The Bertz CT molecular complexity index is 1260. The molecule has 2 N–H and O–H groups in total. The molecule has 0 unspecified atom stereocenters. The van der Waals surface area contributed by atoms with Gasteiger partial charge in [-0.05, 0) is 37.1 Å². The van der Waals surface area contributed by atoms with Gasteiger partial charge < -0.3 is 15.2 Å². The number of carboxylic acid groups (broad SMARTS) is 1. The minimum absolute atomic E-state index is 0.178. The summed E-state index contributed by atoms with van der Waals surface area (Å²) in [5.74, 6) is 0.306. The molecule has 0 radical (unpaired) electrons. The topological polar surface area (TPSA) is 89.3 Å². The number of nitrogens with one attached hydrogen (secondary N) is 1. The molecule has 4 rings (SSSR count). The van der Waals surface area contributed by atoms with Crippen LogP contribution in [0.2, 0.25) is 0 Å². The maximum atomic E-state index is 11.8. The molecule has 164 valence electrons. The summed E-state index contributed by atoms with van der Waals surface area (Å²) in [5.41, 5.74) is 4.14. The summed E-state index contributed by atoms with van der Waals surface area (Å²) in [6.45, 7) is 4.11. The van der Waals surface area contributed by atoms with E-state index in [4.69, 9.17) is 14.8 Å². The number of para-hydroxylation sites is 3. The number of hydrogen-bond acceptors (Lipinski definition) is 6. The van der Waals surface area contributed by atoms with Gasteiger partial charge in [0.1, 0.15) is 22.3 Å². The molecule has 0 saturated heterocycles. The minimum atomic E-state index is -1.00. The lowest BCUT2D eigenvalue weighted by molar-refractivity contribution is 0.0698. The lowest BCUT2D eigenvalue weighted by atomic mass is 10.1. The van der Waals surface area contributed by atoms with Crippen molar-refractivity contribution in [1.82, 2.24) is 14.8 Å². The van der Waals surface area contributed by atoms with Gasteiger partial charge in [0.05, 0.1) is 35.3 Å². The van der Waals surface area contributed by atoms with E-state index in [-0.39, 0.29) is 5.56 Å². The van der Waals surface area contributed by atoms with E-state index in [0.29, 0.717) is 23.7 Å². The van der Waals surface area contributed by atoms with E-state index in [2.05, 4.69) is 12.2 Å². The fraction of sp³-hybridized carbons (Fsp3) is 0.208. The first kappa shape index (κ1) is 21.6. The number of thiazole rings is 1. The van der Waals surface area contributed by atoms with Crippen LogP contribution in [0.4, 0.5) is 11.5 Å². The molecule has 4 aromatic rings. The second-order valence-electron chi connectivity index (χ2n) is 7.08. The van der Waals surface area contributed by atoms with E-state index in [1.807, 2.05) is 36.6 Å². The molecule has 0 amide bonds. The summed E-state index contributed by atoms with van der Waals surface area (Å²) in [6, 6.07) is 14.4. The second-order valence-corrected chi connectivity index (χ2v) is 7.94. The molecule has 0 aliphatic carbocycles. The van der Waals surface area contributed by atoms with Crippen LogP contribution in [0, 0.1) is 0 Å². The molecule has 0 bridgehead atoms. The summed E-state index contributed by atoms with van der Waals surface area (Å²) in [7, 11) is 1.62. The number of aryl methyl sites for hydroxylation is 2. The maximum absolute atomic E-state index is 11.8. The van der Waals surface area contributed by atoms with Crippen molar-refractivity contribution in [2.75, 3.05) is 12.4 Å². The van der Waals surface area contributed by atoms with Crippen LogP contribution in [0.15, 0.2) is 53.9 Å². The Morgan fingerprint density at radius 1 is 1.12 bits per heavy atom. The highest BCUT2D eigenvalue weighted by Gasteiger charge is 2.24. The number of aromatic nitrogens is 3. The Morgan fingerprint density at radius 2 is 1.88 bits per heavy atom. The van der Waals surface area contributed by atoms with Crippen molar-refractivity contribution in [1.29, 1.82) is 0 Å². The molecule has 8 heteroatoms. The molecule has 0 saturated carbocycles. The largest absolute Gasteiger partial charge is 0.494 e. The third-order valence-corrected chi connectivity index (χ3v) is 6.05. The lowest BCUT2D eigenvalue weighted by Crippen LogP contribution is -2.08. The van der Waals surface area contributed by atoms with Crippen LogP contribution in [-0.4, -0.2) is 33.0 Å². The molecule has 0 atom stereocenters. The highest BCUT2D eigenvalue weighted by atomic mass is 32.1. The standard InChI is InChI=1S/C24H24N4O3S/c1-4-15-14-32-23(25-15)21-17(5-2)27-28(19-12-8-9-13-20(19)31-3)22(21)26-18-11-7-6-10-16(18)24(29)30/h6-14,26H,4-5H2,1-3H3,(H,29,30). The fourth-order valence-corrected chi connectivity index (χ4v) is 4.49. The fourth-order valence-electron chi connectivity index (χ4n) is 3.52. The van der Waals surface area contributed by atoms with Crippen LogP contribution in [0.3, 0.4) is 0 Å². The molecule has 2 aromatic carbocycles. The van der Waals surface area contributed by atoms with Gasteiger partial charge in [0.15, 0.2) is 0 Å². The van der Waals surface area contributed by atoms with Gasteiger partial charge in [0.2, 0.25) is 0 Å². The maximum Gasteiger partial charge on any atom is 0.337 e. The Kier molecular flexibility index (Phi) is 6.23. The van der Waals surface area contributed by atoms with E-state index in [0.717, 1.165) is 34.1 Å². The van der Waals surface area contributed by atoms with Crippen molar-refractivity contribution < 1.29 is 14.6 Å². The molecule has 0 aliphatic rings. The van der Waals surface area contributed by atoms with E-state index in [1.165, 1.54) is 0 Å². The number of carboxylic acids is 1. The molecule has 0 fully saturated rings. The SMILES string of the molecule is CCc1csc(-c2c(CC)nn(-c3ccccc3OC)c2Nc2ccccc2C(=O)O)n1. The Labute approximate surface area is 190 Å². The van der Waals surface area contributed by atoms with Crippen LogP contribution in [0.1, 0.15) is 35.6 Å². The van der Waals surface area contributed by atoms with Gasteiger partial charge in [-0.1, -0.05) is 38.1 Å². The smallest absolute Gasteiger partial charge is 0.337 e. The minimum Gasteiger partial charge on any atom is -0.494 e. The summed E-state index contributed by atoms with van der Waals surface area (Å²) in [5, 5.41) is 20.8. The van der Waals surface area contributed by atoms with E-state index in [1.54, 1.807) is 47.4 Å². The van der Waals surface area contributed by atoms with Crippen molar-refractivity contribution >= 4 is 28.8 Å². The van der Waals surface area contributed by atoms with Crippen LogP contribution in [0.25, 0.3) is 16.3 Å².